The normalized spacial score (nSPS) is 24.5. The van der Waals surface area contributed by atoms with Crippen LogP contribution in [0.4, 0.5) is 0 Å². The molecule has 1 aliphatic carbocycles. The summed E-state index contributed by atoms with van der Waals surface area (Å²) in [7, 11) is -3.70. The topological polar surface area (TPSA) is 127 Å². The molecule has 3 aliphatic rings. The van der Waals surface area contributed by atoms with E-state index < -0.39 is 21.6 Å². The zero-order valence-electron chi connectivity index (χ0n) is 22.3. The minimum atomic E-state index is -3.70. The standard InChI is InChI=1S/C27H40N6O4S/c1-38(35,36)31-26(33-14-16-37-17-15-33)29-24(18-22-8-4-2-5-9-22)25(34)30-27(20-28)12-13-32(21-27)19-23-10-6-3-7-11-23/h3,6-7,10-11,22,24H,2,4-5,8-9,12-19,21H2,1H3,(H,29,31)(H,30,34). The SMILES string of the molecule is CS(=O)(=O)/N=C(/NC(CC1CCCCC1)C(=O)NC1(C#N)CCN(Cc2ccccc2)C1)N1CCOCC1. The fourth-order valence-electron chi connectivity index (χ4n) is 5.66. The smallest absolute Gasteiger partial charge is 0.253 e. The minimum Gasteiger partial charge on any atom is -0.378 e. The summed E-state index contributed by atoms with van der Waals surface area (Å²) in [6.07, 6.45) is 7.68. The van der Waals surface area contributed by atoms with Crippen molar-refractivity contribution in [2.45, 2.75) is 63.1 Å². The second kappa shape index (κ2) is 12.9. The van der Waals surface area contributed by atoms with E-state index in [9.17, 15) is 18.5 Å². The number of guanidine groups is 1. The molecule has 1 aromatic rings. The third kappa shape index (κ3) is 8.16. The van der Waals surface area contributed by atoms with E-state index >= 15 is 0 Å². The molecule has 1 amide bonds. The van der Waals surface area contributed by atoms with Gasteiger partial charge in [0.15, 0.2) is 0 Å². The Labute approximate surface area is 226 Å². The zero-order valence-corrected chi connectivity index (χ0v) is 23.1. The Morgan fingerprint density at radius 1 is 1.18 bits per heavy atom. The molecule has 3 fully saturated rings. The van der Waals surface area contributed by atoms with Gasteiger partial charge in [0.05, 0.1) is 25.5 Å². The molecule has 38 heavy (non-hydrogen) atoms. The quantitative estimate of drug-likeness (QED) is 0.375. The number of likely N-dealkylation sites (tertiary alicyclic amines) is 1. The number of amides is 1. The number of carbonyl (C=O) groups is 1. The van der Waals surface area contributed by atoms with E-state index in [1.54, 1.807) is 0 Å². The number of morpholine rings is 1. The number of nitriles is 1. The maximum atomic E-state index is 13.8. The van der Waals surface area contributed by atoms with Crippen molar-refractivity contribution in [2.75, 3.05) is 45.6 Å². The Balaban J connectivity index is 1.51. The van der Waals surface area contributed by atoms with Gasteiger partial charge in [-0.3, -0.25) is 9.69 Å². The maximum absolute atomic E-state index is 13.8. The second-order valence-electron chi connectivity index (χ2n) is 10.8. The van der Waals surface area contributed by atoms with Crippen LogP contribution in [0.5, 0.6) is 0 Å². The first-order chi connectivity index (χ1) is 18.3. The Hall–Kier alpha value is -2.68. The molecule has 2 saturated heterocycles. The number of rotatable bonds is 8. The van der Waals surface area contributed by atoms with Gasteiger partial charge in [-0.15, -0.1) is 4.40 Å². The number of ether oxygens (including phenoxy) is 1. The summed E-state index contributed by atoms with van der Waals surface area (Å²) in [5, 5.41) is 16.4. The largest absolute Gasteiger partial charge is 0.378 e. The Morgan fingerprint density at radius 3 is 2.55 bits per heavy atom. The monoisotopic (exact) mass is 544 g/mol. The third-order valence-electron chi connectivity index (χ3n) is 7.65. The summed E-state index contributed by atoms with van der Waals surface area (Å²) < 4.78 is 33.7. The van der Waals surface area contributed by atoms with Gasteiger partial charge >= 0.3 is 0 Å². The summed E-state index contributed by atoms with van der Waals surface area (Å²) in [6, 6.07) is 11.8. The van der Waals surface area contributed by atoms with Crippen LogP contribution in [0.2, 0.25) is 0 Å². The van der Waals surface area contributed by atoms with E-state index in [2.05, 4.69) is 38.1 Å². The van der Waals surface area contributed by atoms with Crippen LogP contribution in [0, 0.1) is 17.2 Å². The first-order valence-electron chi connectivity index (χ1n) is 13.6. The van der Waals surface area contributed by atoms with Gasteiger partial charge in [0.25, 0.3) is 10.0 Å². The van der Waals surface area contributed by atoms with Crippen molar-refractivity contribution in [3.05, 3.63) is 35.9 Å². The highest BCUT2D eigenvalue weighted by atomic mass is 32.2. The summed E-state index contributed by atoms with van der Waals surface area (Å²) >= 11 is 0. The molecule has 208 valence electrons. The molecule has 0 aromatic heterocycles. The molecule has 4 rings (SSSR count). The summed E-state index contributed by atoms with van der Waals surface area (Å²) in [4.78, 5) is 17.8. The van der Waals surface area contributed by atoms with Crippen molar-refractivity contribution in [3.63, 3.8) is 0 Å². The fourth-order valence-corrected chi connectivity index (χ4v) is 6.14. The van der Waals surface area contributed by atoms with Crippen LogP contribution >= 0.6 is 0 Å². The lowest BCUT2D eigenvalue weighted by Gasteiger charge is -2.34. The van der Waals surface area contributed by atoms with Crippen molar-refractivity contribution in [1.29, 1.82) is 5.26 Å². The van der Waals surface area contributed by atoms with Crippen LogP contribution in [0.15, 0.2) is 34.7 Å². The zero-order chi connectivity index (χ0) is 27.0. The molecule has 2 aliphatic heterocycles. The van der Waals surface area contributed by atoms with Gasteiger partial charge in [-0.05, 0) is 24.3 Å². The Morgan fingerprint density at radius 2 is 1.89 bits per heavy atom. The maximum Gasteiger partial charge on any atom is 0.253 e. The molecule has 2 atom stereocenters. The van der Waals surface area contributed by atoms with Crippen molar-refractivity contribution in [2.24, 2.45) is 10.3 Å². The average molecular weight is 545 g/mol. The first-order valence-corrected chi connectivity index (χ1v) is 15.5. The predicted octanol–water partition coefficient (Wildman–Crippen LogP) is 1.85. The van der Waals surface area contributed by atoms with E-state index in [4.69, 9.17) is 4.74 Å². The summed E-state index contributed by atoms with van der Waals surface area (Å²) in [5.74, 6) is 0.246. The molecule has 1 aromatic carbocycles. The van der Waals surface area contributed by atoms with Gasteiger partial charge in [0.2, 0.25) is 11.9 Å². The van der Waals surface area contributed by atoms with E-state index in [1.165, 1.54) is 6.42 Å². The number of nitrogens with one attached hydrogen (secondary N) is 2. The van der Waals surface area contributed by atoms with Gasteiger partial charge in [-0.25, -0.2) is 8.42 Å². The predicted molar refractivity (Wildman–Crippen MR) is 146 cm³/mol. The first kappa shape index (κ1) is 28.3. The number of benzene rings is 1. The van der Waals surface area contributed by atoms with E-state index in [1.807, 2.05) is 23.1 Å². The van der Waals surface area contributed by atoms with Crippen LogP contribution in [0.3, 0.4) is 0 Å². The van der Waals surface area contributed by atoms with Gasteiger partial charge in [0, 0.05) is 32.7 Å². The number of hydrogen-bond acceptors (Lipinski definition) is 6. The molecule has 11 heteroatoms. The van der Waals surface area contributed by atoms with Crippen molar-refractivity contribution in [3.8, 4) is 6.07 Å². The second-order valence-corrected chi connectivity index (χ2v) is 12.5. The van der Waals surface area contributed by atoms with Crippen molar-refractivity contribution >= 4 is 21.9 Å². The lowest BCUT2D eigenvalue weighted by Crippen LogP contribution is -2.59. The number of sulfonamides is 1. The Bertz CT molecular complexity index is 1110. The summed E-state index contributed by atoms with van der Waals surface area (Å²) in [6.45, 7) is 3.74. The molecule has 10 nitrogen and oxygen atoms in total. The highest BCUT2D eigenvalue weighted by Crippen LogP contribution is 2.28. The van der Waals surface area contributed by atoms with Crippen LogP contribution in [0.25, 0.3) is 0 Å². The highest BCUT2D eigenvalue weighted by molar-refractivity contribution is 7.89. The highest BCUT2D eigenvalue weighted by Gasteiger charge is 2.41. The van der Waals surface area contributed by atoms with Crippen LogP contribution in [-0.2, 0) is 26.1 Å². The number of carbonyl (C=O) groups excluding carboxylic acids is 1. The van der Waals surface area contributed by atoms with Crippen molar-refractivity contribution in [1.82, 2.24) is 20.4 Å². The molecule has 1 saturated carbocycles. The van der Waals surface area contributed by atoms with Gasteiger partial charge in [-0.2, -0.15) is 5.26 Å². The molecule has 2 unspecified atom stereocenters. The minimum absolute atomic E-state index is 0.176. The lowest BCUT2D eigenvalue weighted by atomic mass is 9.84. The van der Waals surface area contributed by atoms with Crippen LogP contribution in [0.1, 0.15) is 50.5 Å². The fraction of sp³-hybridized carbons (Fsp3) is 0.667. The molecular weight excluding hydrogens is 504 g/mol. The van der Waals surface area contributed by atoms with Crippen LogP contribution in [-0.4, -0.2) is 87.3 Å². The van der Waals surface area contributed by atoms with Crippen LogP contribution < -0.4 is 10.6 Å². The number of hydrogen-bond donors (Lipinski definition) is 2. The Kier molecular flexibility index (Phi) is 9.63. The van der Waals surface area contributed by atoms with Crippen molar-refractivity contribution < 1.29 is 17.9 Å². The van der Waals surface area contributed by atoms with E-state index in [0.717, 1.165) is 37.5 Å². The van der Waals surface area contributed by atoms with E-state index in [0.29, 0.717) is 64.7 Å². The third-order valence-corrected chi connectivity index (χ3v) is 8.15. The molecule has 0 bridgehead atoms. The average Bonchev–Trinajstić information content (AvgIpc) is 3.31. The van der Waals surface area contributed by atoms with Gasteiger partial charge in [-0.1, -0.05) is 62.4 Å². The van der Waals surface area contributed by atoms with Gasteiger partial charge < -0.3 is 20.3 Å². The molecule has 2 N–H and O–H groups in total. The number of nitrogens with zero attached hydrogens (tertiary/aromatic N) is 4. The molecular formula is C27H40N6O4S. The van der Waals surface area contributed by atoms with Gasteiger partial charge in [0.1, 0.15) is 11.6 Å². The van der Waals surface area contributed by atoms with E-state index in [-0.39, 0.29) is 11.9 Å². The summed E-state index contributed by atoms with van der Waals surface area (Å²) in [5.41, 5.74) is 0.169. The molecule has 0 spiro atoms. The molecule has 0 radical (unpaired) electrons. The molecule has 2 heterocycles. The lowest BCUT2D eigenvalue weighted by molar-refractivity contribution is -0.124.